The van der Waals surface area contributed by atoms with Gasteiger partial charge in [0.15, 0.2) is 0 Å². The van der Waals surface area contributed by atoms with Crippen molar-refractivity contribution in [2.45, 2.75) is 19.4 Å². The van der Waals surface area contributed by atoms with Gasteiger partial charge in [0.1, 0.15) is 0 Å². The second-order valence-electron chi connectivity index (χ2n) is 7.21. The summed E-state index contributed by atoms with van der Waals surface area (Å²) in [7, 11) is 0. The van der Waals surface area contributed by atoms with Crippen molar-refractivity contribution < 1.29 is 4.79 Å². The van der Waals surface area contributed by atoms with Crippen molar-refractivity contribution >= 4 is 17.3 Å². The first-order valence-electron chi connectivity index (χ1n) is 9.46. The highest BCUT2D eigenvalue weighted by Gasteiger charge is 2.24. The Morgan fingerprint density at radius 2 is 1.59 bits per heavy atom. The van der Waals surface area contributed by atoms with Crippen molar-refractivity contribution in [3.63, 3.8) is 0 Å². The molecule has 0 unspecified atom stereocenters. The molecule has 1 aromatic heterocycles. The molecule has 3 heterocycles. The Morgan fingerprint density at radius 3 is 2.48 bits per heavy atom. The van der Waals surface area contributed by atoms with Gasteiger partial charge < -0.3 is 9.80 Å². The third kappa shape index (κ3) is 2.87. The van der Waals surface area contributed by atoms with Gasteiger partial charge >= 0.3 is 0 Å². The second kappa shape index (κ2) is 6.54. The second-order valence-corrected chi connectivity index (χ2v) is 7.21. The van der Waals surface area contributed by atoms with Crippen molar-refractivity contribution in [2.75, 3.05) is 18.0 Å². The minimum atomic E-state index is 0.0614. The van der Waals surface area contributed by atoms with Crippen molar-refractivity contribution in [3.8, 4) is 0 Å². The topological polar surface area (TPSA) is 36.4 Å². The maximum atomic E-state index is 13.1. The van der Waals surface area contributed by atoms with Crippen molar-refractivity contribution in [1.82, 2.24) is 9.88 Å². The first kappa shape index (κ1) is 16.1. The van der Waals surface area contributed by atoms with Gasteiger partial charge in [0.05, 0.1) is 17.4 Å². The van der Waals surface area contributed by atoms with E-state index < -0.39 is 0 Å². The predicted octanol–water partition coefficient (Wildman–Crippen LogP) is 3.97. The molecule has 3 aromatic rings. The molecule has 2 aliphatic heterocycles. The highest BCUT2D eigenvalue weighted by Crippen LogP contribution is 2.34. The van der Waals surface area contributed by atoms with E-state index in [1.807, 2.05) is 23.2 Å². The van der Waals surface area contributed by atoms with Gasteiger partial charge in [-0.2, -0.15) is 0 Å². The van der Waals surface area contributed by atoms with E-state index in [4.69, 9.17) is 0 Å². The molecule has 0 fully saturated rings. The summed E-state index contributed by atoms with van der Waals surface area (Å²) in [6.45, 7) is 2.36. The number of carbonyl (C=O) groups excluding carboxylic acids is 1. The predicted molar refractivity (Wildman–Crippen MR) is 106 cm³/mol. The Morgan fingerprint density at radius 1 is 0.852 bits per heavy atom. The zero-order valence-electron chi connectivity index (χ0n) is 15.1. The molecule has 0 bridgehead atoms. The van der Waals surface area contributed by atoms with Crippen molar-refractivity contribution in [2.24, 2.45) is 0 Å². The van der Waals surface area contributed by atoms with Crippen LogP contribution in [0.5, 0.6) is 0 Å². The van der Waals surface area contributed by atoms with Crippen LogP contribution in [0.3, 0.4) is 0 Å². The molecule has 0 spiro atoms. The van der Waals surface area contributed by atoms with E-state index in [1.165, 1.54) is 22.4 Å². The summed E-state index contributed by atoms with van der Waals surface area (Å²) in [6, 6.07) is 18.8. The number of anilines is 2. The van der Waals surface area contributed by atoms with Crippen LogP contribution in [0.25, 0.3) is 0 Å². The molecule has 27 heavy (non-hydrogen) atoms. The lowest BCUT2D eigenvalue weighted by Gasteiger charge is -2.29. The Kier molecular flexibility index (Phi) is 3.89. The van der Waals surface area contributed by atoms with E-state index in [0.717, 1.165) is 31.6 Å². The molecule has 1 amide bonds. The zero-order valence-corrected chi connectivity index (χ0v) is 15.1. The summed E-state index contributed by atoms with van der Waals surface area (Å²) < 4.78 is 0. The minimum absolute atomic E-state index is 0.0614. The Bertz CT molecular complexity index is 1010. The van der Waals surface area contributed by atoms with Gasteiger partial charge in [-0.25, -0.2) is 0 Å². The molecule has 0 N–H and O–H groups in total. The number of benzene rings is 2. The largest absolute Gasteiger partial charge is 0.340 e. The van der Waals surface area contributed by atoms with Gasteiger partial charge in [-0.3, -0.25) is 9.78 Å². The third-order valence-corrected chi connectivity index (χ3v) is 5.59. The number of amides is 1. The monoisotopic (exact) mass is 355 g/mol. The Hall–Kier alpha value is -3.14. The molecule has 0 aliphatic carbocycles. The molecule has 0 saturated heterocycles. The molecular formula is C23H21N3O. The molecule has 4 heteroatoms. The SMILES string of the molecule is O=C(c1cncc(N2CCc3ccccc32)c1)N1CCc2ccccc2C1. The molecule has 0 saturated carbocycles. The first-order chi connectivity index (χ1) is 13.3. The summed E-state index contributed by atoms with van der Waals surface area (Å²) in [6.07, 6.45) is 5.48. The number of aromatic nitrogens is 1. The van der Waals surface area contributed by atoms with Gasteiger partial charge in [-0.1, -0.05) is 42.5 Å². The van der Waals surface area contributed by atoms with E-state index in [-0.39, 0.29) is 5.91 Å². The summed E-state index contributed by atoms with van der Waals surface area (Å²) in [5.41, 5.74) is 6.81. The number of hydrogen-bond donors (Lipinski definition) is 0. The molecule has 5 rings (SSSR count). The van der Waals surface area contributed by atoms with Crippen LogP contribution in [-0.4, -0.2) is 28.9 Å². The maximum absolute atomic E-state index is 13.1. The number of carbonyl (C=O) groups is 1. The van der Waals surface area contributed by atoms with Crippen LogP contribution >= 0.6 is 0 Å². The number of nitrogens with zero attached hydrogens (tertiary/aromatic N) is 3. The zero-order chi connectivity index (χ0) is 18.2. The van der Waals surface area contributed by atoms with E-state index in [2.05, 4.69) is 52.3 Å². The summed E-state index contributed by atoms with van der Waals surface area (Å²) in [5, 5.41) is 0. The van der Waals surface area contributed by atoms with Gasteiger partial charge in [-0.05, 0) is 41.7 Å². The van der Waals surface area contributed by atoms with Gasteiger partial charge in [-0.15, -0.1) is 0 Å². The fourth-order valence-corrected chi connectivity index (χ4v) is 4.15. The fourth-order valence-electron chi connectivity index (χ4n) is 4.15. The maximum Gasteiger partial charge on any atom is 0.255 e. The highest BCUT2D eigenvalue weighted by atomic mass is 16.2. The summed E-state index contributed by atoms with van der Waals surface area (Å²) in [5.74, 6) is 0.0614. The molecular weight excluding hydrogens is 334 g/mol. The van der Waals surface area contributed by atoms with Crippen LogP contribution in [0, 0.1) is 0 Å². The lowest BCUT2D eigenvalue weighted by Crippen LogP contribution is -2.36. The molecule has 2 aromatic carbocycles. The van der Waals surface area contributed by atoms with Gasteiger partial charge in [0.2, 0.25) is 0 Å². The minimum Gasteiger partial charge on any atom is -0.340 e. The van der Waals surface area contributed by atoms with E-state index >= 15 is 0 Å². The van der Waals surface area contributed by atoms with E-state index in [1.54, 1.807) is 6.20 Å². The fraction of sp³-hybridized carbons (Fsp3) is 0.217. The van der Waals surface area contributed by atoms with Crippen LogP contribution < -0.4 is 4.90 Å². The first-order valence-corrected chi connectivity index (χ1v) is 9.46. The third-order valence-electron chi connectivity index (χ3n) is 5.59. The van der Waals surface area contributed by atoms with Crippen LogP contribution in [0.2, 0.25) is 0 Å². The van der Waals surface area contributed by atoms with E-state index in [0.29, 0.717) is 12.1 Å². The molecule has 2 aliphatic rings. The van der Waals surface area contributed by atoms with Crippen molar-refractivity contribution in [3.05, 3.63) is 89.2 Å². The van der Waals surface area contributed by atoms with Crippen LogP contribution in [-0.2, 0) is 19.4 Å². The molecule has 4 nitrogen and oxygen atoms in total. The number of para-hydroxylation sites is 1. The standard InChI is InChI=1S/C23H21N3O/c27-23(25-11-9-17-5-1-2-7-19(17)16-25)20-13-21(15-24-14-20)26-12-10-18-6-3-4-8-22(18)26/h1-8,13-15H,9-12,16H2. The normalized spacial score (nSPS) is 15.4. The number of pyridine rings is 1. The summed E-state index contributed by atoms with van der Waals surface area (Å²) in [4.78, 5) is 21.6. The quantitative estimate of drug-likeness (QED) is 0.698. The van der Waals surface area contributed by atoms with E-state index in [9.17, 15) is 4.79 Å². The Labute approximate surface area is 159 Å². The van der Waals surface area contributed by atoms with Gasteiger partial charge in [0, 0.05) is 31.5 Å². The number of hydrogen-bond acceptors (Lipinski definition) is 3. The highest BCUT2D eigenvalue weighted by molar-refractivity contribution is 5.95. The molecule has 0 radical (unpaired) electrons. The lowest BCUT2D eigenvalue weighted by molar-refractivity contribution is 0.0734. The Balaban J connectivity index is 1.41. The van der Waals surface area contributed by atoms with Crippen LogP contribution in [0.15, 0.2) is 67.0 Å². The average Bonchev–Trinajstić information content (AvgIpc) is 3.17. The van der Waals surface area contributed by atoms with Gasteiger partial charge in [0.25, 0.3) is 5.91 Å². The lowest BCUT2D eigenvalue weighted by atomic mass is 9.99. The average molecular weight is 355 g/mol. The number of rotatable bonds is 2. The van der Waals surface area contributed by atoms with Crippen LogP contribution in [0.4, 0.5) is 11.4 Å². The molecule has 0 atom stereocenters. The number of fused-ring (bicyclic) bond motifs is 2. The summed E-state index contributed by atoms with van der Waals surface area (Å²) >= 11 is 0. The smallest absolute Gasteiger partial charge is 0.255 e. The molecule has 134 valence electrons. The van der Waals surface area contributed by atoms with Crippen LogP contribution in [0.1, 0.15) is 27.0 Å². The van der Waals surface area contributed by atoms with Crippen molar-refractivity contribution in [1.29, 1.82) is 0 Å².